The highest BCUT2D eigenvalue weighted by molar-refractivity contribution is 7.89. The van der Waals surface area contributed by atoms with Gasteiger partial charge in [-0.3, -0.25) is 14.8 Å². The SMILES string of the molecule is Cc1ccc(S(=O)(=O)NC[C@H](c2cccnc2)N2CCN(Cc3ccccc3)CC2)cc1. The summed E-state index contributed by atoms with van der Waals surface area (Å²) in [6.07, 6.45) is 3.58. The van der Waals surface area contributed by atoms with Gasteiger partial charge in [0, 0.05) is 57.7 Å². The van der Waals surface area contributed by atoms with Gasteiger partial charge in [0.1, 0.15) is 0 Å². The number of nitrogens with zero attached hydrogens (tertiary/aromatic N) is 3. The van der Waals surface area contributed by atoms with Crippen LogP contribution in [0.1, 0.15) is 22.7 Å². The number of piperazine rings is 1. The summed E-state index contributed by atoms with van der Waals surface area (Å²) in [5.41, 5.74) is 3.37. The van der Waals surface area contributed by atoms with Gasteiger partial charge in [0.15, 0.2) is 0 Å². The maximum absolute atomic E-state index is 12.9. The van der Waals surface area contributed by atoms with Gasteiger partial charge in [-0.2, -0.15) is 0 Å². The molecule has 1 N–H and O–H groups in total. The number of rotatable bonds is 8. The van der Waals surface area contributed by atoms with E-state index in [1.165, 1.54) is 5.56 Å². The summed E-state index contributed by atoms with van der Waals surface area (Å²) in [6, 6.07) is 21.3. The summed E-state index contributed by atoms with van der Waals surface area (Å²) in [5.74, 6) is 0. The minimum absolute atomic E-state index is 0.0669. The van der Waals surface area contributed by atoms with Crippen molar-refractivity contribution in [1.82, 2.24) is 19.5 Å². The first kappa shape index (κ1) is 22.6. The van der Waals surface area contributed by atoms with Crippen LogP contribution in [-0.2, 0) is 16.6 Å². The van der Waals surface area contributed by atoms with Gasteiger partial charge in [-0.25, -0.2) is 13.1 Å². The Bertz CT molecular complexity index is 1080. The third-order valence-corrected chi connectivity index (χ3v) is 7.40. The van der Waals surface area contributed by atoms with E-state index in [1.807, 2.05) is 43.5 Å². The van der Waals surface area contributed by atoms with E-state index >= 15 is 0 Å². The second-order valence-electron chi connectivity index (χ2n) is 8.26. The Balaban J connectivity index is 1.43. The van der Waals surface area contributed by atoms with Gasteiger partial charge in [0.05, 0.1) is 4.90 Å². The fraction of sp³-hybridized carbons (Fsp3) is 0.320. The van der Waals surface area contributed by atoms with Crippen LogP contribution in [0.4, 0.5) is 0 Å². The zero-order chi connectivity index (χ0) is 22.4. The molecule has 168 valence electrons. The van der Waals surface area contributed by atoms with Crippen molar-refractivity contribution >= 4 is 10.0 Å². The van der Waals surface area contributed by atoms with E-state index < -0.39 is 10.0 Å². The van der Waals surface area contributed by atoms with Gasteiger partial charge in [0.2, 0.25) is 10.0 Å². The minimum atomic E-state index is -3.58. The lowest BCUT2D eigenvalue weighted by Gasteiger charge is -2.39. The van der Waals surface area contributed by atoms with Crippen molar-refractivity contribution in [2.45, 2.75) is 24.4 Å². The molecular weight excluding hydrogens is 420 g/mol. The topological polar surface area (TPSA) is 65.5 Å². The molecule has 4 rings (SSSR count). The molecule has 0 saturated carbocycles. The molecule has 2 heterocycles. The van der Waals surface area contributed by atoms with Gasteiger partial charge < -0.3 is 0 Å². The van der Waals surface area contributed by atoms with Crippen molar-refractivity contribution < 1.29 is 8.42 Å². The summed E-state index contributed by atoms with van der Waals surface area (Å²) >= 11 is 0. The third-order valence-electron chi connectivity index (χ3n) is 5.96. The minimum Gasteiger partial charge on any atom is -0.297 e. The number of pyridine rings is 1. The van der Waals surface area contributed by atoms with Crippen molar-refractivity contribution in [1.29, 1.82) is 0 Å². The van der Waals surface area contributed by atoms with Crippen molar-refractivity contribution in [3.63, 3.8) is 0 Å². The number of aryl methyl sites for hydroxylation is 1. The molecule has 0 amide bonds. The van der Waals surface area contributed by atoms with Gasteiger partial charge in [-0.15, -0.1) is 0 Å². The quantitative estimate of drug-likeness (QED) is 0.571. The number of nitrogens with one attached hydrogen (secondary N) is 1. The Hall–Kier alpha value is -2.58. The Morgan fingerprint density at radius 3 is 2.31 bits per heavy atom. The van der Waals surface area contributed by atoms with Crippen LogP contribution in [0.3, 0.4) is 0 Å². The van der Waals surface area contributed by atoms with E-state index in [-0.39, 0.29) is 6.04 Å². The van der Waals surface area contributed by atoms with Crippen molar-refractivity contribution in [2.24, 2.45) is 0 Å². The normalized spacial score (nSPS) is 16.7. The van der Waals surface area contributed by atoms with E-state index in [0.29, 0.717) is 11.4 Å². The van der Waals surface area contributed by atoms with Crippen LogP contribution in [0.25, 0.3) is 0 Å². The Morgan fingerprint density at radius 1 is 0.938 bits per heavy atom. The molecule has 1 aromatic heterocycles. The van der Waals surface area contributed by atoms with Crippen LogP contribution in [0.15, 0.2) is 84.0 Å². The molecule has 1 atom stereocenters. The monoisotopic (exact) mass is 450 g/mol. The number of hydrogen-bond acceptors (Lipinski definition) is 5. The smallest absolute Gasteiger partial charge is 0.240 e. The number of aromatic nitrogens is 1. The summed E-state index contributed by atoms with van der Waals surface area (Å²) in [5, 5.41) is 0. The summed E-state index contributed by atoms with van der Waals surface area (Å²) < 4.78 is 28.6. The molecule has 1 aliphatic rings. The lowest BCUT2D eigenvalue weighted by Crippen LogP contribution is -2.49. The second kappa shape index (κ2) is 10.4. The van der Waals surface area contributed by atoms with E-state index in [0.717, 1.165) is 43.9 Å². The maximum Gasteiger partial charge on any atom is 0.240 e. The number of benzene rings is 2. The molecule has 0 spiro atoms. The van der Waals surface area contributed by atoms with Gasteiger partial charge in [-0.05, 0) is 36.2 Å². The maximum atomic E-state index is 12.9. The Labute approximate surface area is 191 Å². The van der Waals surface area contributed by atoms with E-state index in [4.69, 9.17) is 0 Å². The summed E-state index contributed by atoms with van der Waals surface area (Å²) in [7, 11) is -3.58. The molecule has 3 aromatic rings. The van der Waals surface area contributed by atoms with Crippen LogP contribution < -0.4 is 4.72 Å². The standard InChI is InChI=1S/C25H30N4O2S/c1-21-9-11-24(12-10-21)32(30,31)27-19-25(23-8-5-13-26-18-23)29-16-14-28(15-17-29)20-22-6-3-2-4-7-22/h2-13,18,25,27H,14-17,19-20H2,1H3/t25-/m1/s1. The zero-order valence-electron chi connectivity index (χ0n) is 18.4. The molecule has 0 bridgehead atoms. The lowest BCUT2D eigenvalue weighted by atomic mass is 10.1. The average Bonchev–Trinajstić information content (AvgIpc) is 2.82. The van der Waals surface area contributed by atoms with Crippen molar-refractivity contribution in [2.75, 3.05) is 32.7 Å². The van der Waals surface area contributed by atoms with Crippen LogP contribution >= 0.6 is 0 Å². The Kier molecular flexibility index (Phi) is 7.32. The van der Waals surface area contributed by atoms with Crippen LogP contribution in [0, 0.1) is 6.92 Å². The van der Waals surface area contributed by atoms with Crippen molar-refractivity contribution in [3.05, 3.63) is 95.8 Å². The van der Waals surface area contributed by atoms with E-state index in [9.17, 15) is 8.42 Å². The Morgan fingerprint density at radius 2 is 1.66 bits per heavy atom. The highest BCUT2D eigenvalue weighted by Crippen LogP contribution is 2.22. The van der Waals surface area contributed by atoms with Crippen molar-refractivity contribution in [3.8, 4) is 0 Å². The summed E-state index contributed by atoms with van der Waals surface area (Å²) in [6.45, 7) is 6.82. The molecule has 1 fully saturated rings. The third kappa shape index (κ3) is 5.81. The number of hydrogen-bond donors (Lipinski definition) is 1. The fourth-order valence-corrected chi connectivity index (χ4v) is 5.13. The first-order valence-electron chi connectivity index (χ1n) is 11.0. The molecule has 0 aliphatic carbocycles. The number of sulfonamides is 1. The summed E-state index contributed by atoms with van der Waals surface area (Å²) in [4.78, 5) is 9.37. The molecule has 6 nitrogen and oxygen atoms in total. The molecule has 32 heavy (non-hydrogen) atoms. The predicted octanol–water partition coefficient (Wildman–Crippen LogP) is 3.23. The van der Waals surface area contributed by atoms with E-state index in [2.05, 4.69) is 43.8 Å². The first-order valence-corrected chi connectivity index (χ1v) is 12.5. The predicted molar refractivity (Wildman–Crippen MR) is 127 cm³/mol. The second-order valence-corrected chi connectivity index (χ2v) is 10.0. The lowest BCUT2D eigenvalue weighted by molar-refractivity contribution is 0.0927. The fourth-order valence-electron chi connectivity index (χ4n) is 4.09. The molecule has 0 radical (unpaired) electrons. The average molecular weight is 451 g/mol. The molecular formula is C25H30N4O2S. The molecule has 2 aromatic carbocycles. The van der Waals surface area contributed by atoms with Gasteiger partial charge >= 0.3 is 0 Å². The van der Waals surface area contributed by atoms with Gasteiger partial charge in [-0.1, -0.05) is 54.1 Å². The van der Waals surface area contributed by atoms with Crippen LogP contribution in [0.2, 0.25) is 0 Å². The molecule has 1 aliphatic heterocycles. The zero-order valence-corrected chi connectivity index (χ0v) is 19.2. The molecule has 7 heteroatoms. The van der Waals surface area contributed by atoms with Crippen LogP contribution in [-0.4, -0.2) is 55.9 Å². The molecule has 1 saturated heterocycles. The van der Waals surface area contributed by atoms with E-state index in [1.54, 1.807) is 18.3 Å². The largest absolute Gasteiger partial charge is 0.297 e. The van der Waals surface area contributed by atoms with Crippen LogP contribution in [0.5, 0.6) is 0 Å². The first-order chi connectivity index (χ1) is 15.5. The molecule has 0 unspecified atom stereocenters. The highest BCUT2D eigenvalue weighted by Gasteiger charge is 2.27. The highest BCUT2D eigenvalue weighted by atomic mass is 32.2. The van der Waals surface area contributed by atoms with Gasteiger partial charge in [0.25, 0.3) is 0 Å².